The topological polar surface area (TPSA) is 21.3 Å². The largest absolute Gasteiger partial charge is 0.455 e. The van der Waals surface area contributed by atoms with Crippen LogP contribution in [0.1, 0.15) is 18.1 Å². The zero-order valence-electron chi connectivity index (χ0n) is 11.2. The second-order valence-corrected chi connectivity index (χ2v) is 4.83. The van der Waals surface area contributed by atoms with Gasteiger partial charge >= 0.3 is 0 Å². The lowest BCUT2D eigenvalue weighted by Crippen LogP contribution is -2.12. The Balaban J connectivity index is 2.22. The van der Waals surface area contributed by atoms with Crippen molar-refractivity contribution in [3.05, 3.63) is 58.6 Å². The summed E-state index contributed by atoms with van der Waals surface area (Å²) >= 11 is 6.20. The molecule has 2 aromatic carbocycles. The van der Waals surface area contributed by atoms with E-state index >= 15 is 0 Å². The van der Waals surface area contributed by atoms with Gasteiger partial charge in [-0.15, -0.1) is 0 Å². The predicted molar refractivity (Wildman–Crippen MR) is 80.1 cm³/mol. The average Bonchev–Trinajstić information content (AvgIpc) is 2.41. The fourth-order valence-electron chi connectivity index (χ4n) is 1.82. The summed E-state index contributed by atoms with van der Waals surface area (Å²) in [5.41, 5.74) is 2.25. The van der Waals surface area contributed by atoms with Crippen LogP contribution in [-0.4, -0.2) is 6.54 Å². The van der Waals surface area contributed by atoms with Crippen molar-refractivity contribution in [2.75, 3.05) is 6.54 Å². The summed E-state index contributed by atoms with van der Waals surface area (Å²) in [6.07, 6.45) is 0. The van der Waals surface area contributed by atoms with E-state index < -0.39 is 0 Å². The van der Waals surface area contributed by atoms with E-state index in [2.05, 4.69) is 18.3 Å². The van der Waals surface area contributed by atoms with Crippen LogP contribution in [0.4, 0.5) is 0 Å². The second-order valence-electron chi connectivity index (χ2n) is 4.42. The normalized spacial score (nSPS) is 10.5. The third-order valence-corrected chi connectivity index (χ3v) is 3.14. The number of hydrogen-bond donors (Lipinski definition) is 1. The van der Waals surface area contributed by atoms with Crippen LogP contribution in [0.3, 0.4) is 0 Å². The number of rotatable bonds is 5. The molecule has 0 aliphatic rings. The van der Waals surface area contributed by atoms with Gasteiger partial charge in [-0.2, -0.15) is 0 Å². The molecule has 2 nitrogen and oxygen atoms in total. The van der Waals surface area contributed by atoms with Crippen LogP contribution in [0, 0.1) is 6.92 Å². The van der Waals surface area contributed by atoms with Gasteiger partial charge in [-0.1, -0.05) is 42.8 Å². The number of benzene rings is 2. The molecule has 0 saturated carbocycles. The summed E-state index contributed by atoms with van der Waals surface area (Å²) in [4.78, 5) is 0. The van der Waals surface area contributed by atoms with E-state index in [4.69, 9.17) is 16.3 Å². The molecule has 0 aliphatic heterocycles. The number of aryl methyl sites for hydroxylation is 1. The Bertz CT molecular complexity index is 554. The molecule has 0 unspecified atom stereocenters. The van der Waals surface area contributed by atoms with Gasteiger partial charge in [0.1, 0.15) is 11.5 Å². The monoisotopic (exact) mass is 275 g/mol. The Morgan fingerprint density at radius 1 is 1.11 bits per heavy atom. The molecule has 0 amide bonds. The van der Waals surface area contributed by atoms with Gasteiger partial charge in [0.25, 0.3) is 0 Å². The van der Waals surface area contributed by atoms with Crippen molar-refractivity contribution in [3.63, 3.8) is 0 Å². The van der Waals surface area contributed by atoms with Crippen LogP contribution in [-0.2, 0) is 6.54 Å². The highest BCUT2D eigenvalue weighted by molar-refractivity contribution is 6.32. The van der Waals surface area contributed by atoms with Crippen molar-refractivity contribution in [1.29, 1.82) is 0 Å². The average molecular weight is 276 g/mol. The molecule has 2 aromatic rings. The van der Waals surface area contributed by atoms with Crippen molar-refractivity contribution in [2.24, 2.45) is 0 Å². The summed E-state index contributed by atoms with van der Waals surface area (Å²) in [6.45, 7) is 5.81. The molecule has 0 heterocycles. The van der Waals surface area contributed by atoms with Gasteiger partial charge in [0.05, 0.1) is 5.02 Å². The summed E-state index contributed by atoms with van der Waals surface area (Å²) < 4.78 is 5.92. The lowest BCUT2D eigenvalue weighted by Gasteiger charge is -2.12. The SMILES string of the molecule is CCNCc1ccccc1Oc1ccc(C)cc1Cl. The molecule has 3 heteroatoms. The molecule has 0 aromatic heterocycles. The highest BCUT2D eigenvalue weighted by Gasteiger charge is 2.07. The minimum Gasteiger partial charge on any atom is -0.455 e. The molecular formula is C16H18ClNO. The number of ether oxygens (including phenoxy) is 1. The number of nitrogens with one attached hydrogen (secondary N) is 1. The van der Waals surface area contributed by atoms with E-state index in [0.717, 1.165) is 30.0 Å². The predicted octanol–water partition coefficient (Wildman–Crippen LogP) is 4.55. The molecule has 0 radical (unpaired) electrons. The van der Waals surface area contributed by atoms with Gasteiger partial charge in [0, 0.05) is 12.1 Å². The van der Waals surface area contributed by atoms with Crippen molar-refractivity contribution in [2.45, 2.75) is 20.4 Å². The minimum absolute atomic E-state index is 0.637. The van der Waals surface area contributed by atoms with Crippen molar-refractivity contribution >= 4 is 11.6 Å². The Kier molecular flexibility index (Phi) is 4.83. The van der Waals surface area contributed by atoms with E-state index in [-0.39, 0.29) is 0 Å². The van der Waals surface area contributed by atoms with Gasteiger partial charge in [0.2, 0.25) is 0 Å². The summed E-state index contributed by atoms with van der Waals surface area (Å²) in [7, 11) is 0. The smallest absolute Gasteiger partial charge is 0.146 e. The van der Waals surface area contributed by atoms with E-state index in [1.165, 1.54) is 0 Å². The van der Waals surface area contributed by atoms with Crippen molar-refractivity contribution in [3.8, 4) is 11.5 Å². The number of para-hydroxylation sites is 1. The highest BCUT2D eigenvalue weighted by Crippen LogP contribution is 2.31. The zero-order chi connectivity index (χ0) is 13.7. The Morgan fingerprint density at radius 2 is 1.89 bits per heavy atom. The first-order chi connectivity index (χ1) is 9.20. The Labute approximate surface area is 119 Å². The maximum atomic E-state index is 6.20. The van der Waals surface area contributed by atoms with Gasteiger partial charge in [-0.3, -0.25) is 0 Å². The van der Waals surface area contributed by atoms with Gasteiger partial charge in [-0.25, -0.2) is 0 Å². The van der Waals surface area contributed by atoms with Gasteiger partial charge < -0.3 is 10.1 Å². The molecule has 0 fully saturated rings. The fourth-order valence-corrected chi connectivity index (χ4v) is 2.09. The lowest BCUT2D eigenvalue weighted by molar-refractivity contribution is 0.473. The van der Waals surface area contributed by atoms with Crippen molar-refractivity contribution < 1.29 is 4.74 Å². The molecular weight excluding hydrogens is 258 g/mol. The van der Waals surface area contributed by atoms with Crippen molar-refractivity contribution in [1.82, 2.24) is 5.32 Å². The van der Waals surface area contributed by atoms with Gasteiger partial charge in [-0.05, 0) is 37.2 Å². The van der Waals surface area contributed by atoms with Crippen LogP contribution in [0.5, 0.6) is 11.5 Å². The first-order valence-corrected chi connectivity index (χ1v) is 6.81. The molecule has 2 rings (SSSR count). The molecule has 0 aliphatic carbocycles. The molecule has 19 heavy (non-hydrogen) atoms. The zero-order valence-corrected chi connectivity index (χ0v) is 12.0. The minimum atomic E-state index is 0.637. The Hall–Kier alpha value is -1.51. The molecule has 1 N–H and O–H groups in total. The summed E-state index contributed by atoms with van der Waals surface area (Å²) in [5, 5.41) is 3.94. The summed E-state index contributed by atoms with van der Waals surface area (Å²) in [5.74, 6) is 1.53. The van der Waals surface area contributed by atoms with E-state index in [1.54, 1.807) is 0 Å². The highest BCUT2D eigenvalue weighted by atomic mass is 35.5. The molecule has 0 bridgehead atoms. The van der Waals surface area contributed by atoms with Crippen LogP contribution < -0.4 is 10.1 Å². The molecule has 0 saturated heterocycles. The summed E-state index contributed by atoms with van der Waals surface area (Å²) in [6, 6.07) is 13.8. The molecule has 0 atom stereocenters. The lowest BCUT2D eigenvalue weighted by atomic mass is 10.2. The number of halogens is 1. The third-order valence-electron chi connectivity index (χ3n) is 2.85. The quantitative estimate of drug-likeness (QED) is 0.864. The molecule has 0 spiro atoms. The first-order valence-electron chi connectivity index (χ1n) is 6.43. The van der Waals surface area contributed by atoms with Gasteiger partial charge in [0.15, 0.2) is 0 Å². The first kappa shape index (κ1) is 13.9. The van der Waals surface area contributed by atoms with Crippen LogP contribution >= 0.6 is 11.6 Å². The van der Waals surface area contributed by atoms with E-state index in [0.29, 0.717) is 10.8 Å². The molecule has 100 valence electrons. The van der Waals surface area contributed by atoms with E-state index in [9.17, 15) is 0 Å². The standard InChI is InChI=1S/C16H18ClNO/c1-3-18-11-13-6-4-5-7-15(13)19-16-9-8-12(2)10-14(16)17/h4-10,18H,3,11H2,1-2H3. The third kappa shape index (κ3) is 3.72. The van der Waals surface area contributed by atoms with E-state index in [1.807, 2.05) is 43.3 Å². The Morgan fingerprint density at radius 3 is 2.63 bits per heavy atom. The van der Waals surface area contributed by atoms with Crippen LogP contribution in [0.2, 0.25) is 5.02 Å². The maximum Gasteiger partial charge on any atom is 0.146 e. The second kappa shape index (κ2) is 6.60. The van der Waals surface area contributed by atoms with Crippen LogP contribution in [0.15, 0.2) is 42.5 Å². The van der Waals surface area contributed by atoms with Crippen LogP contribution in [0.25, 0.3) is 0 Å². The fraction of sp³-hybridized carbons (Fsp3) is 0.250. The maximum absolute atomic E-state index is 6.20. The number of hydrogen-bond acceptors (Lipinski definition) is 2.